The third-order valence-electron chi connectivity index (χ3n) is 5.50. The van der Waals surface area contributed by atoms with E-state index in [-0.39, 0.29) is 23.0 Å². The number of ether oxygens (including phenoxy) is 3. The Morgan fingerprint density at radius 2 is 1.76 bits per heavy atom. The summed E-state index contributed by atoms with van der Waals surface area (Å²) in [5.41, 5.74) is 15.5. The molecule has 0 fully saturated rings. The zero-order valence-electron chi connectivity index (χ0n) is 19.1. The van der Waals surface area contributed by atoms with E-state index in [1.807, 2.05) is 13.0 Å². The fraction of sp³-hybridized carbons (Fsp3) is 0.160. The first kappa shape index (κ1) is 22.9. The molecule has 9 heteroatoms. The third-order valence-corrected chi connectivity index (χ3v) is 6.60. The molecule has 4 aromatic rings. The molecular weight excluding hydrogens is 452 g/mol. The number of anilines is 2. The van der Waals surface area contributed by atoms with Crippen molar-refractivity contribution in [2.75, 3.05) is 32.8 Å². The molecule has 0 aliphatic heterocycles. The van der Waals surface area contributed by atoms with E-state index in [9.17, 15) is 4.79 Å². The highest BCUT2D eigenvalue weighted by Crippen LogP contribution is 2.48. The Morgan fingerprint density at radius 1 is 1.06 bits per heavy atom. The highest BCUT2D eigenvalue weighted by Gasteiger charge is 2.26. The SMILES string of the molecule is [C-]#[N+]c1c(N)nc2sc(C(=O)c3ccc(OC)cc3)c(N)c2c1-c1cc(C)c(OC)c(OC)c1. The van der Waals surface area contributed by atoms with Gasteiger partial charge in [-0.2, -0.15) is 0 Å². The Labute approximate surface area is 200 Å². The molecule has 0 saturated carbocycles. The molecule has 2 heterocycles. The number of hydrogen-bond acceptors (Lipinski definition) is 8. The maximum atomic E-state index is 13.3. The zero-order chi connectivity index (χ0) is 24.6. The number of carbonyl (C=O) groups excluding carboxylic acids is 1. The number of nitrogens with two attached hydrogens (primary N) is 2. The smallest absolute Gasteiger partial charge is 0.236 e. The minimum atomic E-state index is -0.250. The molecule has 8 nitrogen and oxygen atoms in total. The van der Waals surface area contributed by atoms with Crippen LogP contribution in [0.15, 0.2) is 36.4 Å². The Kier molecular flexibility index (Phi) is 6.01. The van der Waals surface area contributed by atoms with Crippen LogP contribution in [0.1, 0.15) is 20.8 Å². The summed E-state index contributed by atoms with van der Waals surface area (Å²) < 4.78 is 16.1. The predicted molar refractivity (Wildman–Crippen MR) is 134 cm³/mol. The first-order chi connectivity index (χ1) is 16.3. The molecule has 34 heavy (non-hydrogen) atoms. The predicted octanol–water partition coefficient (Wildman–Crippen LogP) is 5.24. The summed E-state index contributed by atoms with van der Waals surface area (Å²) in [5.74, 6) is 1.54. The van der Waals surface area contributed by atoms with Crippen LogP contribution in [0.4, 0.5) is 17.2 Å². The van der Waals surface area contributed by atoms with E-state index in [0.29, 0.717) is 49.0 Å². The summed E-state index contributed by atoms with van der Waals surface area (Å²) in [6, 6.07) is 10.4. The lowest BCUT2D eigenvalue weighted by atomic mass is 9.97. The molecule has 4 rings (SSSR count). The van der Waals surface area contributed by atoms with Crippen LogP contribution in [0.5, 0.6) is 17.2 Å². The number of aromatic nitrogens is 1. The van der Waals surface area contributed by atoms with Crippen LogP contribution >= 0.6 is 11.3 Å². The van der Waals surface area contributed by atoms with Gasteiger partial charge in [-0.25, -0.2) is 9.83 Å². The first-order valence-corrected chi connectivity index (χ1v) is 11.0. The number of ketones is 1. The number of carbonyl (C=O) groups is 1. The lowest BCUT2D eigenvalue weighted by Gasteiger charge is -2.15. The fourth-order valence-electron chi connectivity index (χ4n) is 3.90. The molecule has 4 N–H and O–H groups in total. The summed E-state index contributed by atoms with van der Waals surface area (Å²) in [6.45, 7) is 9.62. The molecule has 0 aliphatic carbocycles. The van der Waals surface area contributed by atoms with Gasteiger partial charge in [-0.05, 0) is 54.4 Å². The number of benzene rings is 2. The van der Waals surface area contributed by atoms with Crippen molar-refractivity contribution in [3.8, 4) is 28.4 Å². The lowest BCUT2D eigenvalue weighted by molar-refractivity contribution is 0.104. The number of fused-ring (bicyclic) bond motifs is 1. The van der Waals surface area contributed by atoms with E-state index in [4.69, 9.17) is 32.3 Å². The third kappa shape index (κ3) is 3.64. The van der Waals surface area contributed by atoms with E-state index in [1.54, 1.807) is 44.6 Å². The van der Waals surface area contributed by atoms with E-state index >= 15 is 0 Å². The molecule has 0 saturated heterocycles. The second kappa shape index (κ2) is 8.92. The Balaban J connectivity index is 1.99. The maximum absolute atomic E-state index is 13.3. The Morgan fingerprint density at radius 3 is 2.35 bits per heavy atom. The average molecular weight is 475 g/mol. The van der Waals surface area contributed by atoms with Crippen molar-refractivity contribution >= 4 is 44.5 Å². The van der Waals surface area contributed by atoms with Gasteiger partial charge >= 0.3 is 0 Å². The molecular formula is C25H22N4O4S. The molecule has 0 spiro atoms. The topological polar surface area (TPSA) is 114 Å². The zero-order valence-corrected chi connectivity index (χ0v) is 19.9. The number of methoxy groups -OCH3 is 3. The molecule has 2 aromatic heterocycles. The van der Waals surface area contributed by atoms with Crippen LogP contribution < -0.4 is 25.7 Å². The second-order valence-electron chi connectivity index (χ2n) is 7.44. The highest BCUT2D eigenvalue weighted by atomic mass is 32.1. The lowest BCUT2D eigenvalue weighted by Crippen LogP contribution is -2.02. The number of hydrogen-bond donors (Lipinski definition) is 2. The second-order valence-corrected chi connectivity index (χ2v) is 8.44. The standard InChI is InChI=1S/C25H22N4O4S/c1-12-10-14(11-16(32-4)22(12)33-5)17-18-19(26)23(34-25(18)29-24(27)20(17)28-2)21(30)13-6-8-15(31-3)9-7-13/h6-11H,26H2,1,3-5H3,(H2,27,29). The minimum Gasteiger partial charge on any atom is -0.497 e. The molecule has 0 atom stereocenters. The number of aryl methyl sites for hydroxylation is 1. The summed E-state index contributed by atoms with van der Waals surface area (Å²) >= 11 is 1.15. The van der Waals surface area contributed by atoms with Gasteiger partial charge in [-0.15, -0.1) is 11.3 Å². The minimum absolute atomic E-state index is 0.0645. The van der Waals surface area contributed by atoms with Gasteiger partial charge < -0.3 is 25.7 Å². The van der Waals surface area contributed by atoms with Gasteiger partial charge in [-0.3, -0.25) is 4.79 Å². The van der Waals surface area contributed by atoms with Crippen molar-refractivity contribution in [1.29, 1.82) is 0 Å². The quantitative estimate of drug-likeness (QED) is 0.290. The summed E-state index contributed by atoms with van der Waals surface area (Å²) in [4.78, 5) is 22.1. The number of pyridine rings is 1. The molecule has 0 radical (unpaired) electrons. The Hall–Kier alpha value is -4.29. The van der Waals surface area contributed by atoms with Crippen molar-refractivity contribution in [3.05, 3.63) is 63.8 Å². The largest absolute Gasteiger partial charge is 0.497 e. The van der Waals surface area contributed by atoms with Crippen LogP contribution in [0.3, 0.4) is 0 Å². The Bertz CT molecular complexity index is 1470. The van der Waals surface area contributed by atoms with Crippen molar-refractivity contribution < 1.29 is 19.0 Å². The van der Waals surface area contributed by atoms with Gasteiger partial charge in [0.2, 0.25) is 11.5 Å². The highest BCUT2D eigenvalue weighted by molar-refractivity contribution is 7.21. The molecule has 0 unspecified atom stereocenters. The summed E-state index contributed by atoms with van der Waals surface area (Å²) in [7, 11) is 4.66. The number of nitrogens with zero attached hydrogens (tertiary/aromatic N) is 2. The van der Waals surface area contributed by atoms with Crippen LogP contribution in [0, 0.1) is 13.5 Å². The van der Waals surface area contributed by atoms with E-state index in [2.05, 4.69) is 9.83 Å². The van der Waals surface area contributed by atoms with Crippen molar-refractivity contribution in [3.63, 3.8) is 0 Å². The first-order valence-electron chi connectivity index (χ1n) is 10.1. The van der Waals surface area contributed by atoms with Crippen LogP contribution in [0.25, 0.3) is 26.2 Å². The maximum Gasteiger partial charge on any atom is 0.236 e. The number of rotatable bonds is 6. The number of thiophene rings is 1. The summed E-state index contributed by atoms with van der Waals surface area (Å²) in [5, 5.41) is 0.508. The fourth-order valence-corrected chi connectivity index (χ4v) is 4.97. The summed E-state index contributed by atoms with van der Waals surface area (Å²) in [6.07, 6.45) is 0. The van der Waals surface area contributed by atoms with Gasteiger partial charge in [0.05, 0.1) is 33.6 Å². The van der Waals surface area contributed by atoms with Crippen LogP contribution in [0.2, 0.25) is 0 Å². The van der Waals surface area contributed by atoms with Crippen molar-refractivity contribution in [2.24, 2.45) is 0 Å². The van der Waals surface area contributed by atoms with Gasteiger partial charge in [0, 0.05) is 16.5 Å². The van der Waals surface area contributed by atoms with E-state index in [1.165, 1.54) is 7.11 Å². The van der Waals surface area contributed by atoms with Gasteiger partial charge in [-0.1, -0.05) is 0 Å². The van der Waals surface area contributed by atoms with Gasteiger partial charge in [0.1, 0.15) is 21.3 Å². The van der Waals surface area contributed by atoms with E-state index < -0.39 is 0 Å². The monoisotopic (exact) mass is 474 g/mol. The number of nitrogen functional groups attached to an aromatic ring is 2. The van der Waals surface area contributed by atoms with Gasteiger partial charge in [0.15, 0.2) is 11.5 Å². The molecule has 172 valence electrons. The average Bonchev–Trinajstić information content (AvgIpc) is 3.17. The van der Waals surface area contributed by atoms with Crippen LogP contribution in [-0.2, 0) is 0 Å². The molecule has 0 bridgehead atoms. The molecule has 0 aliphatic rings. The molecule has 2 aromatic carbocycles. The van der Waals surface area contributed by atoms with E-state index in [0.717, 1.165) is 16.9 Å². The normalized spacial score (nSPS) is 10.7. The molecule has 0 amide bonds. The van der Waals surface area contributed by atoms with Crippen LogP contribution in [-0.4, -0.2) is 32.1 Å². The van der Waals surface area contributed by atoms with Crippen molar-refractivity contribution in [1.82, 2.24) is 4.98 Å². The van der Waals surface area contributed by atoms with Gasteiger partial charge in [0.25, 0.3) is 0 Å². The van der Waals surface area contributed by atoms with Crippen molar-refractivity contribution in [2.45, 2.75) is 6.92 Å².